The van der Waals surface area contributed by atoms with Crippen LogP contribution in [0.5, 0.6) is 0 Å². The molecule has 1 heteroatoms. The average molecular weight is 194 g/mol. The van der Waals surface area contributed by atoms with Crippen molar-refractivity contribution in [3.63, 3.8) is 0 Å². The van der Waals surface area contributed by atoms with Crippen molar-refractivity contribution in [2.45, 2.75) is 59.3 Å². The van der Waals surface area contributed by atoms with Gasteiger partial charge in [0.2, 0.25) is 0 Å². The van der Waals surface area contributed by atoms with E-state index in [1.807, 2.05) is 13.8 Å². The van der Waals surface area contributed by atoms with Gasteiger partial charge in [-0.15, -0.1) is 0 Å². The zero-order chi connectivity index (χ0) is 10.6. The SMILES string of the molecule is CCCCC1=C(C(C)(C)C=O)CCC1. The number of rotatable bonds is 5. The number of hydrogen-bond acceptors (Lipinski definition) is 1. The summed E-state index contributed by atoms with van der Waals surface area (Å²) in [6.45, 7) is 6.32. The molecule has 0 radical (unpaired) electrons. The predicted molar refractivity (Wildman–Crippen MR) is 60.2 cm³/mol. The zero-order valence-corrected chi connectivity index (χ0v) is 9.73. The van der Waals surface area contributed by atoms with Crippen LogP contribution in [0.1, 0.15) is 59.3 Å². The van der Waals surface area contributed by atoms with Gasteiger partial charge in [-0.1, -0.05) is 24.5 Å². The predicted octanol–water partition coefficient (Wildman–Crippen LogP) is 3.88. The number of carbonyl (C=O) groups is 1. The molecule has 0 aliphatic heterocycles. The maximum atomic E-state index is 11.0. The molecule has 0 unspecified atom stereocenters. The number of unbranched alkanes of at least 4 members (excludes halogenated alkanes) is 1. The summed E-state index contributed by atoms with van der Waals surface area (Å²) < 4.78 is 0. The van der Waals surface area contributed by atoms with Gasteiger partial charge in [-0.2, -0.15) is 0 Å². The van der Waals surface area contributed by atoms with Crippen molar-refractivity contribution in [2.75, 3.05) is 0 Å². The van der Waals surface area contributed by atoms with Crippen molar-refractivity contribution >= 4 is 6.29 Å². The summed E-state index contributed by atoms with van der Waals surface area (Å²) >= 11 is 0. The molecule has 0 aromatic carbocycles. The second-order valence-corrected chi connectivity index (χ2v) is 4.88. The Labute approximate surface area is 87.6 Å². The van der Waals surface area contributed by atoms with Crippen LogP contribution in [0.25, 0.3) is 0 Å². The Kier molecular flexibility index (Phi) is 3.91. The van der Waals surface area contributed by atoms with Gasteiger partial charge in [-0.3, -0.25) is 0 Å². The third kappa shape index (κ3) is 2.46. The van der Waals surface area contributed by atoms with Crippen LogP contribution >= 0.6 is 0 Å². The Morgan fingerprint density at radius 1 is 1.36 bits per heavy atom. The van der Waals surface area contributed by atoms with Crippen molar-refractivity contribution in [1.82, 2.24) is 0 Å². The van der Waals surface area contributed by atoms with E-state index in [1.165, 1.54) is 37.7 Å². The second-order valence-electron chi connectivity index (χ2n) is 4.88. The van der Waals surface area contributed by atoms with Crippen LogP contribution in [0.15, 0.2) is 11.1 Å². The molecule has 1 aliphatic carbocycles. The molecule has 1 aliphatic rings. The molecule has 0 spiro atoms. The molecule has 0 amide bonds. The topological polar surface area (TPSA) is 17.1 Å². The van der Waals surface area contributed by atoms with Gasteiger partial charge in [-0.25, -0.2) is 0 Å². The van der Waals surface area contributed by atoms with Gasteiger partial charge in [0.1, 0.15) is 6.29 Å². The lowest BCUT2D eigenvalue weighted by Crippen LogP contribution is -2.16. The molecule has 0 heterocycles. The van der Waals surface area contributed by atoms with Crippen LogP contribution < -0.4 is 0 Å². The van der Waals surface area contributed by atoms with Gasteiger partial charge in [0.15, 0.2) is 0 Å². The Hall–Kier alpha value is -0.590. The van der Waals surface area contributed by atoms with E-state index in [9.17, 15) is 4.79 Å². The zero-order valence-electron chi connectivity index (χ0n) is 9.73. The molecular formula is C13H22O. The van der Waals surface area contributed by atoms with Gasteiger partial charge in [0.25, 0.3) is 0 Å². The van der Waals surface area contributed by atoms with E-state index in [2.05, 4.69) is 6.92 Å². The first-order chi connectivity index (χ1) is 6.61. The van der Waals surface area contributed by atoms with Crippen molar-refractivity contribution in [3.05, 3.63) is 11.1 Å². The molecule has 0 saturated carbocycles. The maximum Gasteiger partial charge on any atom is 0.129 e. The fourth-order valence-electron chi connectivity index (χ4n) is 2.32. The third-order valence-electron chi connectivity index (χ3n) is 3.24. The first-order valence-corrected chi connectivity index (χ1v) is 5.79. The highest BCUT2D eigenvalue weighted by atomic mass is 16.1. The summed E-state index contributed by atoms with van der Waals surface area (Å²) in [6.07, 6.45) is 8.47. The monoisotopic (exact) mass is 194 g/mol. The van der Waals surface area contributed by atoms with Crippen molar-refractivity contribution in [3.8, 4) is 0 Å². The van der Waals surface area contributed by atoms with Crippen LogP contribution in [0.2, 0.25) is 0 Å². The van der Waals surface area contributed by atoms with Crippen molar-refractivity contribution in [1.29, 1.82) is 0 Å². The highest BCUT2D eigenvalue weighted by Gasteiger charge is 2.28. The van der Waals surface area contributed by atoms with Gasteiger partial charge < -0.3 is 4.79 Å². The number of allylic oxidation sites excluding steroid dienone is 2. The fraction of sp³-hybridized carbons (Fsp3) is 0.769. The number of hydrogen-bond donors (Lipinski definition) is 0. The molecule has 0 aromatic heterocycles. The number of aldehydes is 1. The highest BCUT2D eigenvalue weighted by molar-refractivity contribution is 5.64. The van der Waals surface area contributed by atoms with Crippen LogP contribution in [0.4, 0.5) is 0 Å². The van der Waals surface area contributed by atoms with Gasteiger partial charge in [0, 0.05) is 5.41 Å². The van der Waals surface area contributed by atoms with Gasteiger partial charge >= 0.3 is 0 Å². The molecule has 0 bridgehead atoms. The van der Waals surface area contributed by atoms with E-state index >= 15 is 0 Å². The lowest BCUT2D eigenvalue weighted by atomic mass is 9.82. The van der Waals surface area contributed by atoms with E-state index in [0.717, 1.165) is 12.7 Å². The lowest BCUT2D eigenvalue weighted by molar-refractivity contribution is -0.113. The lowest BCUT2D eigenvalue weighted by Gasteiger charge is -2.21. The van der Waals surface area contributed by atoms with E-state index in [-0.39, 0.29) is 5.41 Å². The fourth-order valence-corrected chi connectivity index (χ4v) is 2.32. The van der Waals surface area contributed by atoms with E-state index in [4.69, 9.17) is 0 Å². The van der Waals surface area contributed by atoms with Crippen molar-refractivity contribution in [2.24, 2.45) is 5.41 Å². The molecule has 14 heavy (non-hydrogen) atoms. The quantitative estimate of drug-likeness (QED) is 0.479. The average Bonchev–Trinajstić information content (AvgIpc) is 2.63. The largest absolute Gasteiger partial charge is 0.302 e. The summed E-state index contributed by atoms with van der Waals surface area (Å²) in [5, 5.41) is 0. The molecule has 0 N–H and O–H groups in total. The van der Waals surface area contributed by atoms with E-state index in [0.29, 0.717) is 0 Å². The van der Waals surface area contributed by atoms with Gasteiger partial charge in [0.05, 0.1) is 0 Å². The van der Waals surface area contributed by atoms with Crippen LogP contribution in [0.3, 0.4) is 0 Å². The molecule has 0 fully saturated rings. The molecule has 1 rings (SSSR count). The summed E-state index contributed by atoms with van der Waals surface area (Å²) in [7, 11) is 0. The summed E-state index contributed by atoms with van der Waals surface area (Å²) in [5.74, 6) is 0. The van der Waals surface area contributed by atoms with Crippen LogP contribution in [-0.4, -0.2) is 6.29 Å². The summed E-state index contributed by atoms with van der Waals surface area (Å²) in [5.41, 5.74) is 2.80. The third-order valence-corrected chi connectivity index (χ3v) is 3.24. The minimum Gasteiger partial charge on any atom is -0.302 e. The first kappa shape index (κ1) is 11.5. The molecule has 1 nitrogen and oxygen atoms in total. The Morgan fingerprint density at radius 2 is 2.07 bits per heavy atom. The maximum absolute atomic E-state index is 11.0. The van der Waals surface area contributed by atoms with Gasteiger partial charge in [-0.05, 0) is 46.0 Å². The standard InChI is InChI=1S/C13H22O/c1-4-5-7-11-8-6-9-12(11)13(2,3)10-14/h10H,4-9H2,1-3H3. The smallest absolute Gasteiger partial charge is 0.129 e. The van der Waals surface area contributed by atoms with Crippen molar-refractivity contribution < 1.29 is 4.79 Å². The Bertz CT molecular complexity index is 236. The second kappa shape index (κ2) is 4.77. The molecule has 0 saturated heterocycles. The summed E-state index contributed by atoms with van der Waals surface area (Å²) in [6, 6.07) is 0. The minimum absolute atomic E-state index is 0.209. The Balaban J connectivity index is 2.76. The van der Waals surface area contributed by atoms with Crippen LogP contribution in [0, 0.1) is 5.41 Å². The Morgan fingerprint density at radius 3 is 2.64 bits per heavy atom. The first-order valence-electron chi connectivity index (χ1n) is 5.79. The van der Waals surface area contributed by atoms with Crippen LogP contribution in [-0.2, 0) is 4.79 Å². The highest BCUT2D eigenvalue weighted by Crippen LogP contribution is 2.39. The summed E-state index contributed by atoms with van der Waals surface area (Å²) in [4.78, 5) is 11.0. The molecular weight excluding hydrogens is 172 g/mol. The molecule has 80 valence electrons. The number of carbonyl (C=O) groups excluding carboxylic acids is 1. The van der Waals surface area contributed by atoms with E-state index < -0.39 is 0 Å². The molecule has 0 atom stereocenters. The van der Waals surface area contributed by atoms with E-state index in [1.54, 1.807) is 5.57 Å². The molecule has 0 aromatic rings. The minimum atomic E-state index is -0.209. The normalized spacial score (nSPS) is 17.6.